The average molecular weight is 440 g/mol. The van der Waals surface area contributed by atoms with E-state index in [1.54, 1.807) is 24.1 Å². The number of rotatable bonds is 5. The molecule has 2 atom stereocenters. The molecular weight excluding hydrogens is 417 g/mol. The van der Waals surface area contributed by atoms with E-state index in [1.807, 2.05) is 13.8 Å². The van der Waals surface area contributed by atoms with Crippen LogP contribution in [0.15, 0.2) is 18.3 Å². The summed E-state index contributed by atoms with van der Waals surface area (Å²) in [5.74, 6) is 1.03. The lowest BCUT2D eigenvalue weighted by molar-refractivity contribution is -0.0586. The number of ether oxygens (including phenoxy) is 2. The van der Waals surface area contributed by atoms with Crippen molar-refractivity contribution in [3.63, 3.8) is 0 Å². The third-order valence-corrected chi connectivity index (χ3v) is 5.04. The van der Waals surface area contributed by atoms with E-state index in [1.165, 1.54) is 13.3 Å². The molecule has 2 heterocycles. The summed E-state index contributed by atoms with van der Waals surface area (Å²) in [6.45, 7) is 4.90. The first-order chi connectivity index (χ1) is 13.8. The van der Waals surface area contributed by atoms with Crippen molar-refractivity contribution < 1.29 is 14.3 Å². The molecule has 0 aliphatic carbocycles. The smallest absolute Gasteiger partial charge is 0.257 e. The van der Waals surface area contributed by atoms with Gasteiger partial charge in [0, 0.05) is 26.2 Å². The molecule has 0 saturated carbocycles. The van der Waals surface area contributed by atoms with Gasteiger partial charge in [-0.25, -0.2) is 4.98 Å². The zero-order chi connectivity index (χ0) is 21.1. The third kappa shape index (κ3) is 4.83. The molecule has 1 saturated heterocycles. The second-order valence-corrected chi connectivity index (χ2v) is 7.58. The minimum atomic E-state index is -0.155. The van der Waals surface area contributed by atoms with Crippen molar-refractivity contribution >= 4 is 46.6 Å². The van der Waals surface area contributed by atoms with E-state index < -0.39 is 0 Å². The number of nitrogens with one attached hydrogen (secondary N) is 2. The zero-order valence-electron chi connectivity index (χ0n) is 16.6. The van der Waals surface area contributed by atoms with E-state index in [2.05, 4.69) is 20.6 Å². The summed E-state index contributed by atoms with van der Waals surface area (Å²) in [5, 5.41) is 6.66. The van der Waals surface area contributed by atoms with Crippen LogP contribution in [0.25, 0.3) is 0 Å². The van der Waals surface area contributed by atoms with Gasteiger partial charge in [0.1, 0.15) is 16.6 Å². The van der Waals surface area contributed by atoms with E-state index in [-0.39, 0.29) is 18.1 Å². The fourth-order valence-corrected chi connectivity index (χ4v) is 3.62. The number of hydrogen-bond donors (Lipinski definition) is 2. The normalized spacial score (nSPS) is 19.0. The Morgan fingerprint density at radius 1 is 1.24 bits per heavy atom. The van der Waals surface area contributed by atoms with Crippen molar-refractivity contribution in [2.75, 3.05) is 37.9 Å². The first-order valence-corrected chi connectivity index (χ1v) is 9.87. The van der Waals surface area contributed by atoms with Gasteiger partial charge in [-0.05, 0) is 19.9 Å². The molecule has 10 heteroatoms. The van der Waals surface area contributed by atoms with Crippen LogP contribution in [0.3, 0.4) is 0 Å². The third-order valence-electron chi connectivity index (χ3n) is 4.45. The van der Waals surface area contributed by atoms with Crippen molar-refractivity contribution in [1.82, 2.24) is 14.9 Å². The van der Waals surface area contributed by atoms with Gasteiger partial charge in [0.2, 0.25) is 5.95 Å². The Bertz CT molecular complexity index is 902. The van der Waals surface area contributed by atoms with Gasteiger partial charge in [0.15, 0.2) is 0 Å². The number of morpholine rings is 1. The number of methoxy groups -OCH3 is 1. The van der Waals surface area contributed by atoms with Crippen LogP contribution >= 0.6 is 23.2 Å². The highest BCUT2D eigenvalue weighted by molar-refractivity contribution is 6.34. The van der Waals surface area contributed by atoms with Crippen LogP contribution in [0.2, 0.25) is 10.0 Å². The maximum atomic E-state index is 13.1. The Labute approximate surface area is 179 Å². The number of carbonyl (C=O) groups is 1. The monoisotopic (exact) mass is 439 g/mol. The number of carbonyl (C=O) groups excluding carboxylic acids is 1. The summed E-state index contributed by atoms with van der Waals surface area (Å²) in [6, 6.07) is 3.24. The Morgan fingerprint density at radius 3 is 2.55 bits per heavy atom. The SMILES string of the molecule is CNc1nc(Nc2cc(OC)c(C(=O)N3CC(C)OC(C)C3)cc2Cl)ncc1Cl. The van der Waals surface area contributed by atoms with Crippen molar-refractivity contribution in [1.29, 1.82) is 0 Å². The van der Waals surface area contributed by atoms with Gasteiger partial charge in [0.25, 0.3) is 5.91 Å². The molecule has 3 rings (SSSR count). The standard InChI is InChI=1S/C19H23Cl2N5O3/c1-10-8-26(9-11(2)29-10)18(27)12-5-13(20)15(6-16(12)28-4)24-19-23-7-14(21)17(22-3)25-19/h5-7,10-11H,8-9H2,1-4H3,(H2,22,23,24,25). The van der Waals surface area contributed by atoms with Crippen molar-refractivity contribution in [3.8, 4) is 5.75 Å². The number of nitrogens with zero attached hydrogens (tertiary/aromatic N) is 3. The minimum Gasteiger partial charge on any atom is -0.496 e. The molecule has 1 amide bonds. The van der Waals surface area contributed by atoms with Gasteiger partial charge in [-0.15, -0.1) is 0 Å². The van der Waals surface area contributed by atoms with Crippen LogP contribution in [0.1, 0.15) is 24.2 Å². The molecule has 1 aliphatic heterocycles. The van der Waals surface area contributed by atoms with Gasteiger partial charge in [-0.1, -0.05) is 23.2 Å². The molecule has 1 aromatic carbocycles. The highest BCUT2D eigenvalue weighted by atomic mass is 35.5. The number of halogens is 2. The Kier molecular flexibility index (Phi) is 6.66. The fourth-order valence-electron chi connectivity index (χ4n) is 3.22. The summed E-state index contributed by atoms with van der Waals surface area (Å²) < 4.78 is 11.2. The molecule has 1 aliphatic rings. The van der Waals surface area contributed by atoms with Crippen LogP contribution < -0.4 is 15.4 Å². The van der Waals surface area contributed by atoms with E-state index in [0.29, 0.717) is 51.9 Å². The summed E-state index contributed by atoms with van der Waals surface area (Å²) in [7, 11) is 3.22. The van der Waals surface area contributed by atoms with Crippen molar-refractivity contribution in [3.05, 3.63) is 33.9 Å². The Hall–Kier alpha value is -2.29. The number of benzene rings is 1. The maximum Gasteiger partial charge on any atom is 0.257 e. The minimum absolute atomic E-state index is 0.0338. The lowest BCUT2D eigenvalue weighted by Crippen LogP contribution is -2.48. The van der Waals surface area contributed by atoms with E-state index in [4.69, 9.17) is 32.7 Å². The molecular formula is C19H23Cl2N5O3. The summed E-state index contributed by atoms with van der Waals surface area (Å²) >= 11 is 12.5. The molecule has 8 nitrogen and oxygen atoms in total. The first kappa shape index (κ1) is 21.4. The molecule has 1 aromatic heterocycles. The van der Waals surface area contributed by atoms with Gasteiger partial charge in [0.05, 0.1) is 41.8 Å². The molecule has 0 spiro atoms. The molecule has 156 valence electrons. The summed E-state index contributed by atoms with van der Waals surface area (Å²) in [4.78, 5) is 23.2. The second kappa shape index (κ2) is 9.02. The number of aromatic nitrogens is 2. The lowest BCUT2D eigenvalue weighted by atomic mass is 10.1. The zero-order valence-corrected chi connectivity index (χ0v) is 18.1. The molecule has 1 fully saturated rings. The summed E-state index contributed by atoms with van der Waals surface area (Å²) in [5.41, 5.74) is 0.894. The van der Waals surface area contributed by atoms with Crippen molar-refractivity contribution in [2.45, 2.75) is 26.1 Å². The van der Waals surface area contributed by atoms with E-state index in [9.17, 15) is 4.79 Å². The van der Waals surface area contributed by atoms with Crippen LogP contribution in [-0.2, 0) is 4.74 Å². The Morgan fingerprint density at radius 2 is 1.93 bits per heavy atom. The fraction of sp³-hybridized carbons (Fsp3) is 0.421. The number of hydrogen-bond acceptors (Lipinski definition) is 7. The van der Waals surface area contributed by atoms with Gasteiger partial charge in [-0.3, -0.25) is 4.79 Å². The predicted molar refractivity (Wildman–Crippen MR) is 114 cm³/mol. The highest BCUT2D eigenvalue weighted by Gasteiger charge is 2.29. The van der Waals surface area contributed by atoms with Crippen molar-refractivity contribution in [2.24, 2.45) is 0 Å². The van der Waals surface area contributed by atoms with E-state index in [0.717, 1.165) is 0 Å². The Balaban J connectivity index is 1.88. The molecule has 0 bridgehead atoms. The summed E-state index contributed by atoms with van der Waals surface area (Å²) in [6.07, 6.45) is 1.41. The first-order valence-electron chi connectivity index (χ1n) is 9.12. The van der Waals surface area contributed by atoms with Crippen LogP contribution in [-0.4, -0.2) is 60.2 Å². The maximum absolute atomic E-state index is 13.1. The second-order valence-electron chi connectivity index (χ2n) is 6.76. The highest BCUT2D eigenvalue weighted by Crippen LogP contribution is 2.34. The van der Waals surface area contributed by atoms with Crippen LogP contribution in [0.5, 0.6) is 5.75 Å². The average Bonchev–Trinajstić information content (AvgIpc) is 2.69. The number of anilines is 3. The molecule has 0 radical (unpaired) electrons. The predicted octanol–water partition coefficient (Wildman–Crippen LogP) is 3.83. The quantitative estimate of drug-likeness (QED) is 0.731. The van der Waals surface area contributed by atoms with Crippen LogP contribution in [0, 0.1) is 0 Å². The van der Waals surface area contributed by atoms with Crippen LogP contribution in [0.4, 0.5) is 17.5 Å². The largest absolute Gasteiger partial charge is 0.496 e. The topological polar surface area (TPSA) is 88.6 Å². The number of amides is 1. The van der Waals surface area contributed by atoms with Gasteiger partial charge < -0.3 is 25.0 Å². The molecule has 2 unspecified atom stereocenters. The van der Waals surface area contributed by atoms with Gasteiger partial charge in [-0.2, -0.15) is 4.98 Å². The molecule has 2 aromatic rings. The lowest BCUT2D eigenvalue weighted by Gasteiger charge is -2.35. The van der Waals surface area contributed by atoms with E-state index >= 15 is 0 Å². The van der Waals surface area contributed by atoms with Gasteiger partial charge >= 0.3 is 0 Å². The molecule has 29 heavy (non-hydrogen) atoms. The molecule has 2 N–H and O–H groups in total.